The summed E-state index contributed by atoms with van der Waals surface area (Å²) in [5.41, 5.74) is 5.49. The first kappa shape index (κ1) is 19.4. The van der Waals surface area contributed by atoms with Crippen LogP contribution in [0.1, 0.15) is 26.3 Å². The molecule has 0 unspecified atom stereocenters. The van der Waals surface area contributed by atoms with Crippen LogP contribution in [0.5, 0.6) is 5.75 Å². The smallest absolute Gasteiger partial charge is 0.272 e. The third-order valence-corrected chi connectivity index (χ3v) is 4.10. The lowest BCUT2D eigenvalue weighted by Crippen LogP contribution is -2.41. The summed E-state index contributed by atoms with van der Waals surface area (Å²) in [4.78, 5) is 24.0. The van der Waals surface area contributed by atoms with Gasteiger partial charge >= 0.3 is 0 Å². The van der Waals surface area contributed by atoms with Crippen LogP contribution in [-0.4, -0.2) is 11.8 Å². The SMILES string of the molecule is O=C(NNC(=O)c1ccccc1F)c1ccc(COc2ccc(Cl)cc2)cc1. The fourth-order valence-electron chi connectivity index (χ4n) is 2.35. The Bertz CT molecular complexity index is 976. The first-order valence-electron chi connectivity index (χ1n) is 8.35. The van der Waals surface area contributed by atoms with Crippen LogP contribution < -0.4 is 15.6 Å². The summed E-state index contributed by atoms with van der Waals surface area (Å²) in [6, 6.07) is 19.2. The molecular formula is C21H16ClFN2O3. The number of carbonyl (C=O) groups excluding carboxylic acids is 2. The average molecular weight is 399 g/mol. The largest absolute Gasteiger partial charge is 0.489 e. The first-order chi connectivity index (χ1) is 13.5. The molecule has 0 radical (unpaired) electrons. The molecule has 0 fully saturated rings. The van der Waals surface area contributed by atoms with Crippen molar-refractivity contribution >= 4 is 23.4 Å². The van der Waals surface area contributed by atoms with Crippen LogP contribution in [0.15, 0.2) is 72.8 Å². The third-order valence-electron chi connectivity index (χ3n) is 3.84. The van der Waals surface area contributed by atoms with Gasteiger partial charge < -0.3 is 4.74 Å². The van der Waals surface area contributed by atoms with E-state index < -0.39 is 17.6 Å². The molecular weight excluding hydrogens is 383 g/mol. The van der Waals surface area contributed by atoms with Gasteiger partial charge in [-0.05, 0) is 54.1 Å². The molecule has 2 N–H and O–H groups in total. The summed E-state index contributed by atoms with van der Waals surface area (Å²) in [6.07, 6.45) is 0. The average Bonchev–Trinajstić information content (AvgIpc) is 2.72. The lowest BCUT2D eigenvalue weighted by atomic mass is 10.1. The number of benzene rings is 3. The quantitative estimate of drug-likeness (QED) is 0.635. The summed E-state index contributed by atoms with van der Waals surface area (Å²) in [5, 5.41) is 0.629. The number of halogens is 2. The van der Waals surface area contributed by atoms with Gasteiger partial charge in [0.05, 0.1) is 5.56 Å². The van der Waals surface area contributed by atoms with Crippen molar-refractivity contribution in [1.29, 1.82) is 0 Å². The van der Waals surface area contributed by atoms with E-state index >= 15 is 0 Å². The molecule has 3 aromatic rings. The molecule has 2 amide bonds. The Morgan fingerprint density at radius 2 is 1.50 bits per heavy atom. The minimum absolute atomic E-state index is 0.155. The van der Waals surface area contributed by atoms with Gasteiger partial charge in [0, 0.05) is 10.6 Å². The van der Waals surface area contributed by atoms with Crippen molar-refractivity contribution in [3.8, 4) is 5.75 Å². The number of carbonyl (C=O) groups is 2. The number of hydrazine groups is 1. The molecule has 7 heteroatoms. The van der Waals surface area contributed by atoms with Crippen molar-refractivity contribution in [2.75, 3.05) is 0 Å². The fraction of sp³-hybridized carbons (Fsp3) is 0.0476. The van der Waals surface area contributed by atoms with Crippen LogP contribution in [-0.2, 0) is 6.61 Å². The summed E-state index contributed by atoms with van der Waals surface area (Å²) >= 11 is 5.83. The van der Waals surface area contributed by atoms with E-state index in [0.29, 0.717) is 22.9 Å². The minimum Gasteiger partial charge on any atom is -0.489 e. The van der Waals surface area contributed by atoms with E-state index in [1.807, 2.05) is 0 Å². The van der Waals surface area contributed by atoms with Gasteiger partial charge in [0.2, 0.25) is 0 Å². The summed E-state index contributed by atoms with van der Waals surface area (Å²) in [6.45, 7) is 0.327. The lowest BCUT2D eigenvalue weighted by Gasteiger charge is -2.09. The molecule has 0 atom stereocenters. The molecule has 0 heterocycles. The summed E-state index contributed by atoms with van der Waals surface area (Å²) < 4.78 is 19.2. The second kappa shape index (κ2) is 9.01. The van der Waals surface area contributed by atoms with Crippen molar-refractivity contribution in [2.45, 2.75) is 6.61 Å². The van der Waals surface area contributed by atoms with Crippen molar-refractivity contribution in [1.82, 2.24) is 10.9 Å². The van der Waals surface area contributed by atoms with E-state index in [9.17, 15) is 14.0 Å². The van der Waals surface area contributed by atoms with Gasteiger partial charge in [-0.2, -0.15) is 0 Å². The Balaban J connectivity index is 1.52. The van der Waals surface area contributed by atoms with Crippen LogP contribution in [0, 0.1) is 5.82 Å². The Hall–Kier alpha value is -3.38. The molecule has 142 valence electrons. The van der Waals surface area contributed by atoms with Crippen molar-refractivity contribution < 1.29 is 18.7 Å². The number of hydrogen-bond donors (Lipinski definition) is 2. The Kier molecular flexibility index (Phi) is 6.24. The van der Waals surface area contributed by atoms with Gasteiger partial charge in [-0.15, -0.1) is 0 Å². The van der Waals surface area contributed by atoms with E-state index in [1.165, 1.54) is 24.3 Å². The predicted octanol–water partition coefficient (Wildman–Crippen LogP) is 4.13. The zero-order chi connectivity index (χ0) is 19.9. The number of rotatable bonds is 5. The van der Waals surface area contributed by atoms with Gasteiger partial charge in [0.1, 0.15) is 18.2 Å². The highest BCUT2D eigenvalue weighted by Crippen LogP contribution is 2.17. The fourth-order valence-corrected chi connectivity index (χ4v) is 2.47. The van der Waals surface area contributed by atoms with Crippen LogP contribution in [0.4, 0.5) is 4.39 Å². The van der Waals surface area contributed by atoms with Crippen molar-refractivity contribution in [3.05, 3.63) is 100 Å². The predicted molar refractivity (Wildman–Crippen MR) is 104 cm³/mol. The van der Waals surface area contributed by atoms with Gasteiger partial charge in [-0.25, -0.2) is 4.39 Å². The molecule has 3 aromatic carbocycles. The van der Waals surface area contributed by atoms with E-state index in [1.54, 1.807) is 48.5 Å². The molecule has 3 rings (SSSR count). The molecule has 0 bridgehead atoms. The minimum atomic E-state index is -0.737. The topological polar surface area (TPSA) is 67.4 Å². The maximum Gasteiger partial charge on any atom is 0.272 e. The highest BCUT2D eigenvalue weighted by atomic mass is 35.5. The van der Waals surface area contributed by atoms with Gasteiger partial charge in [0.25, 0.3) is 11.8 Å². The van der Waals surface area contributed by atoms with E-state index in [2.05, 4.69) is 10.9 Å². The van der Waals surface area contributed by atoms with Gasteiger partial charge in [-0.3, -0.25) is 20.4 Å². The third kappa shape index (κ3) is 5.08. The van der Waals surface area contributed by atoms with Crippen LogP contribution >= 0.6 is 11.6 Å². The summed E-state index contributed by atoms with van der Waals surface area (Å²) in [5.74, 6) is -1.24. The van der Waals surface area contributed by atoms with Gasteiger partial charge in [0.15, 0.2) is 0 Å². The Morgan fingerprint density at radius 1 is 0.857 bits per heavy atom. The molecule has 5 nitrogen and oxygen atoms in total. The number of nitrogens with one attached hydrogen (secondary N) is 2. The standard InChI is InChI=1S/C21H16ClFN2O3/c22-16-9-11-17(12-10-16)28-13-14-5-7-15(8-6-14)20(26)24-25-21(27)18-3-1-2-4-19(18)23/h1-12H,13H2,(H,24,26)(H,25,27). The van der Waals surface area contributed by atoms with Crippen molar-refractivity contribution in [3.63, 3.8) is 0 Å². The molecule has 0 spiro atoms. The molecule has 0 aliphatic carbocycles. The van der Waals surface area contributed by atoms with E-state index in [4.69, 9.17) is 16.3 Å². The number of ether oxygens (including phenoxy) is 1. The maximum absolute atomic E-state index is 13.6. The molecule has 0 aliphatic rings. The first-order valence-corrected chi connectivity index (χ1v) is 8.73. The molecule has 0 aliphatic heterocycles. The molecule has 0 saturated carbocycles. The zero-order valence-electron chi connectivity index (χ0n) is 14.6. The van der Waals surface area contributed by atoms with Crippen molar-refractivity contribution in [2.24, 2.45) is 0 Å². The van der Waals surface area contributed by atoms with Crippen LogP contribution in [0.2, 0.25) is 5.02 Å². The normalized spacial score (nSPS) is 10.2. The maximum atomic E-state index is 13.6. The van der Waals surface area contributed by atoms with Gasteiger partial charge in [-0.1, -0.05) is 35.9 Å². The molecule has 0 saturated heterocycles. The highest BCUT2D eigenvalue weighted by molar-refractivity contribution is 6.30. The van der Waals surface area contributed by atoms with Crippen LogP contribution in [0.25, 0.3) is 0 Å². The monoisotopic (exact) mass is 398 g/mol. The second-order valence-corrected chi connectivity index (χ2v) is 6.26. The highest BCUT2D eigenvalue weighted by Gasteiger charge is 2.12. The Labute approximate surface area is 166 Å². The lowest BCUT2D eigenvalue weighted by molar-refractivity contribution is 0.0844. The van der Waals surface area contributed by atoms with E-state index in [-0.39, 0.29) is 5.56 Å². The second-order valence-electron chi connectivity index (χ2n) is 5.83. The van der Waals surface area contributed by atoms with E-state index in [0.717, 1.165) is 5.56 Å². The summed E-state index contributed by atoms with van der Waals surface area (Å²) in [7, 11) is 0. The zero-order valence-corrected chi connectivity index (χ0v) is 15.4. The molecule has 28 heavy (non-hydrogen) atoms. The number of amides is 2. The Morgan fingerprint density at radius 3 is 2.18 bits per heavy atom. The van der Waals surface area contributed by atoms with Crippen LogP contribution in [0.3, 0.4) is 0 Å². The molecule has 0 aromatic heterocycles. The number of hydrogen-bond acceptors (Lipinski definition) is 3.